The summed E-state index contributed by atoms with van der Waals surface area (Å²) in [4.78, 5) is 4.31. The van der Waals surface area contributed by atoms with Crippen LogP contribution in [0.2, 0.25) is 5.02 Å². The van der Waals surface area contributed by atoms with Gasteiger partial charge in [0.25, 0.3) is 0 Å². The first-order valence-corrected chi connectivity index (χ1v) is 6.13. The van der Waals surface area contributed by atoms with E-state index < -0.39 is 0 Å². The van der Waals surface area contributed by atoms with Crippen molar-refractivity contribution in [3.63, 3.8) is 0 Å². The molecule has 0 aliphatic rings. The number of halogens is 1. The molecule has 5 nitrogen and oxygen atoms in total. The highest BCUT2D eigenvalue weighted by molar-refractivity contribution is 6.31. The normalized spacial score (nSPS) is 12.9. The summed E-state index contributed by atoms with van der Waals surface area (Å²) in [6.07, 6.45) is 3.35. The maximum atomic E-state index is 6.21. The summed E-state index contributed by atoms with van der Waals surface area (Å²) in [6, 6.07) is 5.60. The molecule has 0 aliphatic heterocycles. The number of hydrogen-bond donors (Lipinski definition) is 2. The molecule has 0 radical (unpaired) electrons. The Hall–Kier alpha value is -1.43. The number of nitrogens with zero attached hydrogens (tertiary/aromatic N) is 3. The van der Waals surface area contributed by atoms with Crippen LogP contribution in [0.1, 0.15) is 37.3 Å². The van der Waals surface area contributed by atoms with Crippen LogP contribution in [0.25, 0.3) is 0 Å². The van der Waals surface area contributed by atoms with Crippen LogP contribution in [-0.4, -0.2) is 14.8 Å². The lowest BCUT2D eigenvalue weighted by Gasteiger charge is -2.19. The Kier molecular flexibility index (Phi) is 3.96. The quantitative estimate of drug-likeness (QED) is 0.656. The van der Waals surface area contributed by atoms with E-state index in [0.717, 1.165) is 11.4 Å². The highest BCUT2D eigenvalue weighted by Gasteiger charge is 2.23. The largest absolute Gasteiger partial charge is 0.270 e. The highest BCUT2D eigenvalue weighted by Crippen LogP contribution is 2.28. The lowest BCUT2D eigenvalue weighted by molar-refractivity contribution is 0.473. The molecular formula is C12H16ClN5. The zero-order valence-electron chi connectivity index (χ0n) is 10.3. The zero-order chi connectivity index (χ0) is 13.1. The molecule has 2 aromatic rings. The van der Waals surface area contributed by atoms with Crippen molar-refractivity contribution in [3.8, 4) is 0 Å². The Labute approximate surface area is 111 Å². The summed E-state index contributed by atoms with van der Waals surface area (Å²) in [5.74, 6) is 5.64. The molecule has 0 fully saturated rings. The molecule has 0 saturated carbocycles. The molecule has 0 aliphatic carbocycles. The van der Waals surface area contributed by atoms with E-state index >= 15 is 0 Å². The number of aromatic nitrogens is 3. The standard InChI is InChI=1S/C12H16ClN5/c1-8(2)18-12(9(13)7-16-18)11(17-14)10-5-3-4-6-15-10/h3-8,11,17H,14H2,1-2H3. The first-order valence-electron chi connectivity index (χ1n) is 5.75. The molecule has 2 heterocycles. The minimum atomic E-state index is -0.274. The Balaban J connectivity index is 2.48. The van der Waals surface area contributed by atoms with Gasteiger partial charge in [-0.3, -0.25) is 15.5 Å². The molecule has 6 heteroatoms. The van der Waals surface area contributed by atoms with Gasteiger partial charge in [0.2, 0.25) is 0 Å². The molecule has 0 saturated heterocycles. The fourth-order valence-electron chi connectivity index (χ4n) is 1.88. The van der Waals surface area contributed by atoms with Gasteiger partial charge in [-0.15, -0.1) is 0 Å². The van der Waals surface area contributed by atoms with E-state index in [1.807, 2.05) is 36.7 Å². The molecule has 2 rings (SSSR count). The number of hydrogen-bond acceptors (Lipinski definition) is 4. The first kappa shape index (κ1) is 13.0. The van der Waals surface area contributed by atoms with Crippen molar-refractivity contribution >= 4 is 11.6 Å². The van der Waals surface area contributed by atoms with Gasteiger partial charge in [0, 0.05) is 12.2 Å². The summed E-state index contributed by atoms with van der Waals surface area (Å²) in [5, 5.41) is 4.85. The molecule has 2 aromatic heterocycles. The van der Waals surface area contributed by atoms with E-state index in [0.29, 0.717) is 5.02 Å². The summed E-state index contributed by atoms with van der Waals surface area (Å²) in [5.41, 5.74) is 4.39. The second-order valence-corrected chi connectivity index (χ2v) is 4.68. The van der Waals surface area contributed by atoms with Crippen LogP contribution in [0.5, 0.6) is 0 Å². The third kappa shape index (κ3) is 2.38. The predicted molar refractivity (Wildman–Crippen MR) is 71.0 cm³/mol. The molecule has 0 aromatic carbocycles. The molecule has 96 valence electrons. The Morgan fingerprint density at radius 2 is 2.17 bits per heavy atom. The van der Waals surface area contributed by atoms with Crippen molar-refractivity contribution in [2.45, 2.75) is 25.9 Å². The Morgan fingerprint density at radius 3 is 2.72 bits per heavy atom. The third-order valence-electron chi connectivity index (χ3n) is 2.70. The molecule has 3 N–H and O–H groups in total. The van der Waals surface area contributed by atoms with Gasteiger partial charge in [-0.1, -0.05) is 17.7 Å². The first-order chi connectivity index (χ1) is 8.65. The molecule has 0 bridgehead atoms. The van der Waals surface area contributed by atoms with Crippen LogP contribution in [0.4, 0.5) is 0 Å². The van der Waals surface area contributed by atoms with E-state index in [1.54, 1.807) is 12.4 Å². The predicted octanol–water partition coefficient (Wildman–Crippen LogP) is 2.07. The lowest BCUT2D eigenvalue weighted by Crippen LogP contribution is -2.31. The van der Waals surface area contributed by atoms with Crippen LogP contribution in [-0.2, 0) is 0 Å². The minimum absolute atomic E-state index is 0.201. The fraction of sp³-hybridized carbons (Fsp3) is 0.333. The van der Waals surface area contributed by atoms with Gasteiger partial charge in [-0.05, 0) is 26.0 Å². The molecule has 1 unspecified atom stereocenters. The maximum absolute atomic E-state index is 6.21. The van der Waals surface area contributed by atoms with Crippen molar-refractivity contribution in [2.75, 3.05) is 0 Å². The summed E-state index contributed by atoms with van der Waals surface area (Å²) < 4.78 is 1.85. The maximum Gasteiger partial charge on any atom is 0.106 e. The molecule has 18 heavy (non-hydrogen) atoms. The lowest BCUT2D eigenvalue weighted by atomic mass is 10.1. The van der Waals surface area contributed by atoms with Crippen molar-refractivity contribution in [2.24, 2.45) is 5.84 Å². The van der Waals surface area contributed by atoms with E-state index in [4.69, 9.17) is 17.4 Å². The number of rotatable bonds is 4. The van der Waals surface area contributed by atoms with Crippen LogP contribution < -0.4 is 11.3 Å². The zero-order valence-corrected chi connectivity index (χ0v) is 11.1. The molecule has 0 amide bonds. The van der Waals surface area contributed by atoms with E-state index in [-0.39, 0.29) is 12.1 Å². The van der Waals surface area contributed by atoms with E-state index in [9.17, 15) is 0 Å². The van der Waals surface area contributed by atoms with Crippen LogP contribution in [0.15, 0.2) is 30.6 Å². The monoisotopic (exact) mass is 265 g/mol. The Bertz CT molecular complexity index is 508. The van der Waals surface area contributed by atoms with Gasteiger partial charge >= 0.3 is 0 Å². The molecule has 1 atom stereocenters. The Morgan fingerprint density at radius 1 is 1.39 bits per heavy atom. The van der Waals surface area contributed by atoms with Gasteiger partial charge in [-0.2, -0.15) is 5.10 Å². The average Bonchev–Trinajstić information content (AvgIpc) is 2.74. The van der Waals surface area contributed by atoms with Gasteiger partial charge in [-0.25, -0.2) is 5.43 Å². The number of nitrogens with two attached hydrogens (primary N) is 1. The highest BCUT2D eigenvalue weighted by atomic mass is 35.5. The average molecular weight is 266 g/mol. The second kappa shape index (κ2) is 5.48. The number of pyridine rings is 1. The van der Waals surface area contributed by atoms with Gasteiger partial charge in [0.1, 0.15) is 6.04 Å². The van der Waals surface area contributed by atoms with Crippen molar-refractivity contribution < 1.29 is 0 Å². The van der Waals surface area contributed by atoms with Crippen molar-refractivity contribution in [3.05, 3.63) is 47.0 Å². The van der Waals surface area contributed by atoms with Crippen molar-refractivity contribution in [1.82, 2.24) is 20.2 Å². The van der Waals surface area contributed by atoms with Crippen LogP contribution in [0.3, 0.4) is 0 Å². The fourth-order valence-corrected chi connectivity index (χ4v) is 2.12. The van der Waals surface area contributed by atoms with Crippen molar-refractivity contribution in [1.29, 1.82) is 0 Å². The topological polar surface area (TPSA) is 68.8 Å². The number of nitrogens with one attached hydrogen (secondary N) is 1. The molecule has 0 spiro atoms. The second-order valence-electron chi connectivity index (χ2n) is 4.27. The summed E-state index contributed by atoms with van der Waals surface area (Å²) in [6.45, 7) is 4.08. The SMILES string of the molecule is CC(C)n1ncc(Cl)c1C(NN)c1ccccn1. The number of hydrazine groups is 1. The summed E-state index contributed by atoms with van der Waals surface area (Å²) in [7, 11) is 0. The van der Waals surface area contributed by atoms with E-state index in [2.05, 4.69) is 15.5 Å². The minimum Gasteiger partial charge on any atom is -0.270 e. The summed E-state index contributed by atoms with van der Waals surface area (Å²) >= 11 is 6.21. The van der Waals surface area contributed by atoms with E-state index in [1.165, 1.54) is 0 Å². The van der Waals surface area contributed by atoms with Crippen LogP contribution >= 0.6 is 11.6 Å². The van der Waals surface area contributed by atoms with Crippen LogP contribution in [0, 0.1) is 0 Å². The van der Waals surface area contributed by atoms with Gasteiger partial charge in [0.05, 0.1) is 22.6 Å². The molecular weight excluding hydrogens is 250 g/mol. The van der Waals surface area contributed by atoms with Gasteiger partial charge < -0.3 is 0 Å². The smallest absolute Gasteiger partial charge is 0.106 e. The van der Waals surface area contributed by atoms with Gasteiger partial charge in [0.15, 0.2) is 0 Å². The third-order valence-corrected chi connectivity index (χ3v) is 2.99.